The number of hydrogen-bond acceptors (Lipinski definition) is 4. The first kappa shape index (κ1) is 17.4. The van der Waals surface area contributed by atoms with Crippen molar-refractivity contribution in [2.75, 3.05) is 5.75 Å². The van der Waals surface area contributed by atoms with Gasteiger partial charge in [0.1, 0.15) is 10.7 Å². The van der Waals surface area contributed by atoms with E-state index >= 15 is 0 Å². The van der Waals surface area contributed by atoms with Gasteiger partial charge in [-0.15, -0.1) is 10.2 Å². The summed E-state index contributed by atoms with van der Waals surface area (Å²) >= 11 is 1.42. The van der Waals surface area contributed by atoms with Gasteiger partial charge in [-0.05, 0) is 20.8 Å². The first-order valence-electron chi connectivity index (χ1n) is 8.19. The van der Waals surface area contributed by atoms with Crippen molar-refractivity contribution >= 4 is 28.4 Å². The molecule has 3 rings (SSSR count). The maximum absolute atomic E-state index is 12.1. The van der Waals surface area contributed by atoms with Crippen LogP contribution in [0.4, 0.5) is 0 Å². The van der Waals surface area contributed by atoms with Gasteiger partial charge in [-0.3, -0.25) is 4.79 Å². The smallest absolute Gasteiger partial charge is 0.230 e. The molecule has 0 spiro atoms. The van der Waals surface area contributed by atoms with Crippen LogP contribution in [-0.2, 0) is 4.79 Å². The Balaban J connectivity index is 1.90. The lowest BCUT2D eigenvalue weighted by Crippen LogP contribution is -2.41. The number of amides is 1. The molecule has 5 heteroatoms. The van der Waals surface area contributed by atoms with Gasteiger partial charge in [0.15, 0.2) is 0 Å². The lowest BCUT2D eigenvalue weighted by molar-refractivity contribution is -0.119. The number of benzene rings is 2. The highest BCUT2D eigenvalue weighted by Gasteiger charge is 2.16. The Bertz CT molecular complexity index is 888. The summed E-state index contributed by atoms with van der Waals surface area (Å²) < 4.78 is 0. The molecule has 1 heterocycles. The van der Waals surface area contributed by atoms with Crippen molar-refractivity contribution in [3.05, 3.63) is 54.6 Å². The van der Waals surface area contributed by atoms with E-state index in [1.807, 2.05) is 75.4 Å². The minimum absolute atomic E-state index is 0.00415. The van der Waals surface area contributed by atoms with Crippen molar-refractivity contribution in [3.8, 4) is 11.3 Å². The van der Waals surface area contributed by atoms with Gasteiger partial charge in [-0.25, -0.2) is 0 Å². The molecule has 0 aliphatic rings. The largest absolute Gasteiger partial charge is 0.351 e. The standard InChI is InChI=1S/C20H21N3OS/c1-20(2,3)21-17(24)13-25-19-16-12-8-7-11-15(16)18(22-23-19)14-9-5-4-6-10-14/h4-12H,13H2,1-3H3,(H,21,24). The van der Waals surface area contributed by atoms with E-state index in [4.69, 9.17) is 0 Å². The molecule has 0 saturated heterocycles. The zero-order valence-electron chi connectivity index (χ0n) is 14.6. The molecule has 4 nitrogen and oxygen atoms in total. The predicted octanol–water partition coefficient (Wildman–Crippen LogP) is 4.30. The highest BCUT2D eigenvalue weighted by molar-refractivity contribution is 8.00. The van der Waals surface area contributed by atoms with E-state index in [9.17, 15) is 4.79 Å². The van der Waals surface area contributed by atoms with E-state index in [1.165, 1.54) is 11.8 Å². The topological polar surface area (TPSA) is 54.9 Å². The number of thioether (sulfide) groups is 1. The second-order valence-corrected chi connectivity index (χ2v) is 7.82. The Morgan fingerprint density at radius 3 is 2.28 bits per heavy atom. The number of rotatable bonds is 4. The van der Waals surface area contributed by atoms with Gasteiger partial charge in [0, 0.05) is 21.9 Å². The van der Waals surface area contributed by atoms with Crippen LogP contribution in [0.1, 0.15) is 20.8 Å². The SMILES string of the molecule is CC(C)(C)NC(=O)CSc1nnc(-c2ccccc2)c2ccccc12. The van der Waals surface area contributed by atoms with Crippen LogP contribution in [0, 0.1) is 0 Å². The summed E-state index contributed by atoms with van der Waals surface area (Å²) in [5.74, 6) is 0.316. The average molecular weight is 351 g/mol. The molecule has 1 aromatic heterocycles. The fourth-order valence-electron chi connectivity index (χ4n) is 2.58. The normalized spacial score (nSPS) is 11.5. The highest BCUT2D eigenvalue weighted by Crippen LogP contribution is 2.31. The molecule has 0 bridgehead atoms. The highest BCUT2D eigenvalue weighted by atomic mass is 32.2. The Labute approximate surface area is 152 Å². The van der Waals surface area contributed by atoms with E-state index in [0.717, 1.165) is 27.1 Å². The second-order valence-electron chi connectivity index (χ2n) is 6.85. The van der Waals surface area contributed by atoms with Crippen LogP contribution < -0.4 is 5.32 Å². The van der Waals surface area contributed by atoms with E-state index < -0.39 is 0 Å². The number of hydrogen-bond donors (Lipinski definition) is 1. The Morgan fingerprint density at radius 2 is 1.60 bits per heavy atom. The summed E-state index contributed by atoms with van der Waals surface area (Å²) in [5, 5.41) is 14.6. The van der Waals surface area contributed by atoms with Crippen molar-refractivity contribution in [2.24, 2.45) is 0 Å². The zero-order valence-corrected chi connectivity index (χ0v) is 15.4. The number of nitrogens with zero attached hydrogens (tertiary/aromatic N) is 2. The minimum atomic E-state index is -0.234. The number of nitrogens with one attached hydrogen (secondary N) is 1. The zero-order chi connectivity index (χ0) is 17.9. The molecule has 0 unspecified atom stereocenters. The monoisotopic (exact) mass is 351 g/mol. The van der Waals surface area contributed by atoms with Gasteiger partial charge in [0.25, 0.3) is 0 Å². The molecule has 2 aromatic carbocycles. The van der Waals surface area contributed by atoms with Gasteiger partial charge in [0.2, 0.25) is 5.91 Å². The van der Waals surface area contributed by atoms with Crippen LogP contribution in [-0.4, -0.2) is 27.4 Å². The third-order valence-electron chi connectivity index (χ3n) is 3.56. The van der Waals surface area contributed by atoms with Crippen LogP contribution in [0.3, 0.4) is 0 Å². The molecule has 0 saturated carbocycles. The van der Waals surface area contributed by atoms with Crippen molar-refractivity contribution in [1.29, 1.82) is 0 Å². The van der Waals surface area contributed by atoms with Gasteiger partial charge >= 0.3 is 0 Å². The molecule has 1 N–H and O–H groups in total. The van der Waals surface area contributed by atoms with Crippen LogP contribution in [0.25, 0.3) is 22.0 Å². The summed E-state index contributed by atoms with van der Waals surface area (Å²) in [5.41, 5.74) is 1.66. The van der Waals surface area contributed by atoms with Crippen molar-refractivity contribution in [3.63, 3.8) is 0 Å². The maximum atomic E-state index is 12.1. The van der Waals surface area contributed by atoms with E-state index in [0.29, 0.717) is 5.75 Å². The molecule has 25 heavy (non-hydrogen) atoms. The van der Waals surface area contributed by atoms with Crippen LogP contribution >= 0.6 is 11.8 Å². The van der Waals surface area contributed by atoms with Crippen LogP contribution in [0.5, 0.6) is 0 Å². The second kappa shape index (κ2) is 7.23. The molecule has 0 fully saturated rings. The molecule has 0 atom stereocenters. The minimum Gasteiger partial charge on any atom is -0.351 e. The Kier molecular flexibility index (Phi) is 5.04. The molecule has 0 aliphatic heterocycles. The molecular weight excluding hydrogens is 330 g/mol. The quantitative estimate of drug-likeness (QED) is 0.712. The lowest BCUT2D eigenvalue weighted by atomic mass is 10.1. The molecular formula is C20H21N3OS. The first-order chi connectivity index (χ1) is 11.9. The predicted molar refractivity (Wildman–Crippen MR) is 104 cm³/mol. The van der Waals surface area contributed by atoms with Gasteiger partial charge in [-0.2, -0.15) is 0 Å². The van der Waals surface area contributed by atoms with E-state index in [2.05, 4.69) is 15.5 Å². The maximum Gasteiger partial charge on any atom is 0.230 e. The molecule has 0 aliphatic carbocycles. The summed E-state index contributed by atoms with van der Waals surface area (Å²) in [6.45, 7) is 5.91. The number of carbonyl (C=O) groups excluding carboxylic acids is 1. The molecule has 128 valence electrons. The van der Waals surface area contributed by atoms with Gasteiger partial charge < -0.3 is 5.32 Å². The molecule has 3 aromatic rings. The van der Waals surface area contributed by atoms with Gasteiger partial charge in [-0.1, -0.05) is 66.4 Å². The molecule has 0 radical (unpaired) electrons. The Morgan fingerprint density at radius 1 is 0.960 bits per heavy atom. The van der Waals surface area contributed by atoms with E-state index in [-0.39, 0.29) is 11.4 Å². The van der Waals surface area contributed by atoms with E-state index in [1.54, 1.807) is 0 Å². The Hall–Kier alpha value is -2.40. The molecule has 1 amide bonds. The fourth-order valence-corrected chi connectivity index (χ4v) is 3.36. The lowest BCUT2D eigenvalue weighted by Gasteiger charge is -2.20. The third-order valence-corrected chi connectivity index (χ3v) is 4.54. The first-order valence-corrected chi connectivity index (χ1v) is 9.17. The average Bonchev–Trinajstić information content (AvgIpc) is 2.59. The summed E-state index contributed by atoms with van der Waals surface area (Å²) in [7, 11) is 0. The van der Waals surface area contributed by atoms with Crippen molar-refractivity contribution < 1.29 is 4.79 Å². The van der Waals surface area contributed by atoms with Crippen LogP contribution in [0.15, 0.2) is 59.6 Å². The van der Waals surface area contributed by atoms with Gasteiger partial charge in [0.05, 0.1) is 5.75 Å². The number of carbonyl (C=O) groups is 1. The summed E-state index contributed by atoms with van der Waals surface area (Å²) in [6.07, 6.45) is 0. The fraction of sp³-hybridized carbons (Fsp3) is 0.250. The van der Waals surface area contributed by atoms with Crippen molar-refractivity contribution in [2.45, 2.75) is 31.3 Å². The summed E-state index contributed by atoms with van der Waals surface area (Å²) in [6, 6.07) is 18.1. The third kappa shape index (κ3) is 4.37. The summed E-state index contributed by atoms with van der Waals surface area (Å²) in [4.78, 5) is 12.1. The van der Waals surface area contributed by atoms with Crippen molar-refractivity contribution in [1.82, 2.24) is 15.5 Å². The number of fused-ring (bicyclic) bond motifs is 1. The number of aromatic nitrogens is 2. The van der Waals surface area contributed by atoms with Crippen LogP contribution in [0.2, 0.25) is 0 Å².